The first kappa shape index (κ1) is 28.7. The van der Waals surface area contributed by atoms with Gasteiger partial charge in [-0.05, 0) is 54.6 Å². The van der Waals surface area contributed by atoms with Crippen molar-refractivity contribution in [1.29, 1.82) is 0 Å². The Morgan fingerprint density at radius 3 is 2.37 bits per heavy atom. The molecule has 13 heteroatoms. The van der Waals surface area contributed by atoms with Gasteiger partial charge in [-0.15, -0.1) is 11.3 Å². The largest absolute Gasteiger partial charge is 0.505 e. The molecular weight excluding hydrogens is 620 g/mol. The number of phenolic OH excluding ortho intramolecular Hbond substituents is 1. The number of ether oxygens (including phenoxy) is 1. The van der Waals surface area contributed by atoms with Gasteiger partial charge >= 0.3 is 12.1 Å². The van der Waals surface area contributed by atoms with Crippen LogP contribution < -0.4 is 10.1 Å². The number of fused-ring (bicyclic) bond motifs is 1. The third kappa shape index (κ3) is 6.28. The molecule has 0 aliphatic carbocycles. The van der Waals surface area contributed by atoms with E-state index in [2.05, 4.69) is 10.3 Å². The van der Waals surface area contributed by atoms with E-state index in [1.807, 2.05) is 12.1 Å². The molecule has 1 heterocycles. The molecule has 0 saturated heterocycles. The van der Waals surface area contributed by atoms with E-state index in [-0.39, 0.29) is 37.5 Å². The molecule has 0 atom stereocenters. The summed E-state index contributed by atoms with van der Waals surface area (Å²) in [5.41, 5.74) is -0.941. The Kier molecular flexibility index (Phi) is 8.14. The van der Waals surface area contributed by atoms with Crippen molar-refractivity contribution < 1.29 is 32.6 Å². The lowest BCUT2D eigenvalue weighted by Crippen LogP contribution is -2.17. The van der Waals surface area contributed by atoms with Crippen LogP contribution in [0.5, 0.6) is 11.5 Å². The molecule has 1 amide bonds. The number of carbonyl (C=O) groups is 2. The van der Waals surface area contributed by atoms with Crippen LogP contribution in [-0.2, 0) is 6.18 Å². The Morgan fingerprint density at radius 1 is 0.927 bits per heavy atom. The minimum atomic E-state index is -4.73. The molecule has 2 N–H and O–H groups in total. The zero-order chi connectivity index (χ0) is 29.3. The zero-order valence-electron chi connectivity index (χ0n) is 20.3. The number of nitrogens with zero attached hydrogens (tertiary/aromatic N) is 1. The van der Waals surface area contributed by atoms with E-state index in [0.717, 1.165) is 22.5 Å². The van der Waals surface area contributed by atoms with Gasteiger partial charge in [-0.1, -0.05) is 59.2 Å². The van der Waals surface area contributed by atoms with E-state index in [4.69, 9.17) is 27.9 Å². The van der Waals surface area contributed by atoms with Crippen molar-refractivity contribution in [2.24, 2.45) is 0 Å². The summed E-state index contributed by atoms with van der Waals surface area (Å²) < 4.78 is 48.7. The average Bonchev–Trinajstić information content (AvgIpc) is 3.34. The van der Waals surface area contributed by atoms with Crippen molar-refractivity contribution in [2.45, 2.75) is 15.4 Å². The molecule has 0 spiro atoms. The molecule has 5 rings (SSSR count). The lowest BCUT2D eigenvalue weighted by Gasteiger charge is -2.15. The number of hydrogen-bond donors (Lipinski definition) is 2. The highest BCUT2D eigenvalue weighted by Crippen LogP contribution is 2.43. The minimum Gasteiger partial charge on any atom is -0.505 e. The van der Waals surface area contributed by atoms with Crippen LogP contribution in [0.2, 0.25) is 10.0 Å². The average molecular weight is 635 g/mol. The minimum absolute atomic E-state index is 0.0896. The van der Waals surface area contributed by atoms with E-state index in [1.165, 1.54) is 59.9 Å². The van der Waals surface area contributed by atoms with Gasteiger partial charge < -0.3 is 15.2 Å². The Balaban J connectivity index is 1.41. The summed E-state index contributed by atoms with van der Waals surface area (Å²) in [5, 5.41) is 12.3. The Bertz CT molecular complexity index is 1780. The lowest BCUT2D eigenvalue weighted by molar-refractivity contribution is -0.139. The van der Waals surface area contributed by atoms with Crippen LogP contribution in [-0.4, -0.2) is 22.0 Å². The van der Waals surface area contributed by atoms with E-state index < -0.39 is 29.4 Å². The molecule has 1 aromatic heterocycles. The number of thiazole rings is 1. The lowest BCUT2D eigenvalue weighted by atomic mass is 10.1. The molecule has 0 fully saturated rings. The fourth-order valence-corrected chi connectivity index (χ4v) is 6.27. The molecule has 4 aromatic carbocycles. The highest BCUT2D eigenvalue weighted by molar-refractivity contribution is 8.01. The second-order valence-corrected chi connectivity index (χ2v) is 11.5. The van der Waals surface area contributed by atoms with E-state index >= 15 is 0 Å². The fourth-order valence-electron chi connectivity index (χ4n) is 3.72. The molecule has 6 nitrogen and oxygen atoms in total. The molecule has 0 aliphatic rings. The maximum atomic E-state index is 14.0. The first-order valence-corrected chi connectivity index (χ1v) is 13.9. The SMILES string of the molecule is O=C(Oc1c(Cl)cccc1C(=O)Nc1ccc(Sc2nc3ccccc3s2)c(C(F)(F)F)c1)c1cccc(Cl)c1O. The summed E-state index contributed by atoms with van der Waals surface area (Å²) >= 11 is 14.2. The van der Waals surface area contributed by atoms with E-state index in [9.17, 15) is 27.9 Å². The van der Waals surface area contributed by atoms with Gasteiger partial charge in [0, 0.05) is 10.6 Å². The summed E-state index contributed by atoms with van der Waals surface area (Å²) in [6.45, 7) is 0. The molecule has 0 unspecified atom stereocenters. The van der Waals surface area contributed by atoms with E-state index in [0.29, 0.717) is 9.86 Å². The normalized spacial score (nSPS) is 11.4. The first-order valence-electron chi connectivity index (χ1n) is 11.6. The maximum absolute atomic E-state index is 14.0. The molecule has 5 aromatic rings. The van der Waals surface area contributed by atoms with Crippen LogP contribution in [0.3, 0.4) is 0 Å². The monoisotopic (exact) mass is 634 g/mol. The van der Waals surface area contributed by atoms with Crippen LogP contribution in [0.25, 0.3) is 10.2 Å². The van der Waals surface area contributed by atoms with Gasteiger partial charge in [0.25, 0.3) is 5.91 Å². The number of nitrogens with one attached hydrogen (secondary N) is 1. The Morgan fingerprint density at radius 2 is 1.63 bits per heavy atom. The van der Waals surface area contributed by atoms with E-state index in [1.54, 1.807) is 12.1 Å². The van der Waals surface area contributed by atoms with Crippen molar-refractivity contribution in [1.82, 2.24) is 4.98 Å². The molecule has 0 saturated carbocycles. The first-order chi connectivity index (χ1) is 19.5. The summed E-state index contributed by atoms with van der Waals surface area (Å²) in [5.74, 6) is -2.82. The van der Waals surface area contributed by atoms with Crippen molar-refractivity contribution >= 4 is 74.1 Å². The number of aromatic nitrogens is 1. The third-order valence-electron chi connectivity index (χ3n) is 5.63. The zero-order valence-corrected chi connectivity index (χ0v) is 23.5. The topological polar surface area (TPSA) is 88.5 Å². The number of alkyl halides is 3. The number of anilines is 1. The van der Waals surface area contributed by atoms with Crippen LogP contribution in [0.15, 0.2) is 88.1 Å². The number of carbonyl (C=O) groups excluding carboxylic acids is 2. The molecule has 208 valence electrons. The molecule has 41 heavy (non-hydrogen) atoms. The predicted octanol–water partition coefficient (Wildman–Crippen LogP) is 8.95. The van der Waals surface area contributed by atoms with Crippen molar-refractivity contribution in [2.75, 3.05) is 5.32 Å². The van der Waals surface area contributed by atoms with Gasteiger partial charge in [0.2, 0.25) is 0 Å². The predicted molar refractivity (Wildman–Crippen MR) is 153 cm³/mol. The van der Waals surface area contributed by atoms with Crippen molar-refractivity contribution in [3.8, 4) is 11.5 Å². The summed E-state index contributed by atoms with van der Waals surface area (Å²) in [6, 6.07) is 18.7. The second kappa shape index (κ2) is 11.6. The smallest absolute Gasteiger partial charge is 0.417 e. The molecular formula is C28H15Cl2F3N2O4S2. The van der Waals surface area contributed by atoms with Crippen LogP contribution in [0.4, 0.5) is 18.9 Å². The van der Waals surface area contributed by atoms with Gasteiger partial charge in [0.05, 0.1) is 31.4 Å². The fraction of sp³-hybridized carbons (Fsp3) is 0.0357. The molecule has 0 radical (unpaired) electrons. The Labute approximate surface area is 248 Å². The molecule has 0 bridgehead atoms. The quantitative estimate of drug-likeness (QED) is 0.143. The number of benzene rings is 4. The maximum Gasteiger partial charge on any atom is 0.417 e. The van der Waals surface area contributed by atoms with Gasteiger partial charge in [-0.2, -0.15) is 13.2 Å². The second-order valence-electron chi connectivity index (χ2n) is 8.35. The number of amides is 1. The summed E-state index contributed by atoms with van der Waals surface area (Å²) in [7, 11) is 0. The number of para-hydroxylation sites is 3. The standard InChI is InChI=1S/C28H15Cl2F3N2O4S2/c29-18-7-3-5-15(23(18)36)26(38)39-24-16(6-4-8-19(24)30)25(37)34-14-11-12-21(17(13-14)28(31,32)33)40-27-35-20-9-1-2-10-22(20)41-27/h1-13,36H,(H,34,37). The van der Waals surface area contributed by atoms with Crippen LogP contribution in [0, 0.1) is 0 Å². The molecule has 0 aliphatic heterocycles. The van der Waals surface area contributed by atoms with Crippen molar-refractivity contribution in [3.05, 3.63) is 106 Å². The highest BCUT2D eigenvalue weighted by Gasteiger charge is 2.34. The number of rotatable bonds is 6. The highest BCUT2D eigenvalue weighted by atomic mass is 35.5. The summed E-state index contributed by atoms with van der Waals surface area (Å²) in [4.78, 5) is 30.1. The summed E-state index contributed by atoms with van der Waals surface area (Å²) in [6.07, 6.45) is -4.73. The number of hydrogen-bond acceptors (Lipinski definition) is 7. The third-order valence-corrected chi connectivity index (χ3v) is 8.40. The Hall–Kier alpha value is -3.77. The number of halogens is 5. The van der Waals surface area contributed by atoms with Gasteiger partial charge in [0.1, 0.15) is 11.3 Å². The van der Waals surface area contributed by atoms with Crippen LogP contribution >= 0.6 is 46.3 Å². The van der Waals surface area contributed by atoms with Gasteiger partial charge in [-0.3, -0.25) is 4.79 Å². The van der Waals surface area contributed by atoms with Gasteiger partial charge in [-0.25, -0.2) is 9.78 Å². The number of phenols is 1. The van der Waals surface area contributed by atoms with Gasteiger partial charge in [0.15, 0.2) is 10.1 Å². The number of esters is 1. The number of aromatic hydroxyl groups is 1. The van der Waals surface area contributed by atoms with Crippen molar-refractivity contribution in [3.63, 3.8) is 0 Å². The van der Waals surface area contributed by atoms with Crippen LogP contribution in [0.1, 0.15) is 26.3 Å².